The van der Waals surface area contributed by atoms with Crippen LogP contribution in [0.15, 0.2) is 30.3 Å². The number of amides is 1. The number of hydrogen-bond acceptors (Lipinski definition) is 3. The van der Waals surface area contributed by atoms with E-state index < -0.39 is 0 Å². The lowest BCUT2D eigenvalue weighted by molar-refractivity contribution is 0.0946. The first-order chi connectivity index (χ1) is 10.2. The van der Waals surface area contributed by atoms with E-state index in [2.05, 4.69) is 26.2 Å². The Morgan fingerprint density at radius 1 is 1.33 bits per heavy atom. The van der Waals surface area contributed by atoms with E-state index in [0.29, 0.717) is 25.3 Å². The molecule has 0 aliphatic heterocycles. The number of benzene rings is 1. The van der Waals surface area contributed by atoms with Gasteiger partial charge in [-0.25, -0.2) is 0 Å². The molecular weight excluding hydrogens is 332 g/mol. The van der Waals surface area contributed by atoms with Crippen molar-refractivity contribution in [2.24, 2.45) is 0 Å². The van der Waals surface area contributed by atoms with Gasteiger partial charge in [0, 0.05) is 29.6 Å². The van der Waals surface area contributed by atoms with Crippen molar-refractivity contribution >= 4 is 32.7 Å². The van der Waals surface area contributed by atoms with Gasteiger partial charge in [-0.15, -0.1) is 0 Å². The zero-order valence-corrected chi connectivity index (χ0v) is 13.6. The molecule has 112 valence electrons. The Hall–Kier alpha value is -1.46. The number of alkyl halides is 1. The largest absolute Gasteiger partial charge is 0.381 e. The van der Waals surface area contributed by atoms with Gasteiger partial charge in [0.1, 0.15) is 0 Å². The maximum absolute atomic E-state index is 12.3. The third-order valence-corrected chi connectivity index (χ3v) is 3.39. The van der Waals surface area contributed by atoms with Gasteiger partial charge in [0.2, 0.25) is 0 Å². The Labute approximate surface area is 133 Å². The van der Waals surface area contributed by atoms with Gasteiger partial charge in [0.25, 0.3) is 5.91 Å². The Morgan fingerprint density at radius 2 is 2.14 bits per heavy atom. The number of rotatable bonds is 7. The molecule has 4 nitrogen and oxygen atoms in total. The summed E-state index contributed by atoms with van der Waals surface area (Å²) in [4.78, 5) is 16.8. The lowest BCUT2D eigenvalue weighted by atomic mass is 10.1. The quantitative estimate of drug-likeness (QED) is 0.616. The van der Waals surface area contributed by atoms with Crippen LogP contribution in [0.4, 0.5) is 0 Å². The molecular formula is C16H19BrN2O2. The highest BCUT2D eigenvalue weighted by atomic mass is 79.9. The van der Waals surface area contributed by atoms with E-state index in [4.69, 9.17) is 4.74 Å². The van der Waals surface area contributed by atoms with Crippen molar-refractivity contribution in [3.63, 3.8) is 0 Å². The number of carbonyl (C=O) groups excluding carboxylic acids is 1. The average Bonchev–Trinajstić information content (AvgIpc) is 2.49. The first-order valence-electron chi connectivity index (χ1n) is 7.00. The third-order valence-electron chi connectivity index (χ3n) is 3.06. The number of fused-ring (bicyclic) bond motifs is 1. The van der Waals surface area contributed by atoms with Crippen molar-refractivity contribution in [2.75, 3.05) is 25.1 Å². The van der Waals surface area contributed by atoms with E-state index in [-0.39, 0.29) is 5.91 Å². The molecule has 0 fully saturated rings. The number of para-hydroxylation sites is 1. The van der Waals surface area contributed by atoms with Crippen LogP contribution in [0.2, 0.25) is 0 Å². The summed E-state index contributed by atoms with van der Waals surface area (Å²) in [5.74, 6) is -0.0582. The van der Waals surface area contributed by atoms with Crippen molar-refractivity contribution < 1.29 is 9.53 Å². The summed E-state index contributed by atoms with van der Waals surface area (Å²) in [6, 6.07) is 9.53. The molecule has 1 heterocycles. The summed E-state index contributed by atoms with van der Waals surface area (Å²) in [6.45, 7) is 3.86. The number of aromatic nitrogens is 1. The standard InChI is InChI=1S/C16H19BrN2O2/c1-12-11-14(13-5-2-3-6-15(13)19-12)16(20)18-8-4-9-21-10-7-17/h2-3,5-6,11H,4,7-10H2,1H3,(H,18,20). The zero-order chi connectivity index (χ0) is 15.1. The van der Waals surface area contributed by atoms with Crippen LogP contribution in [0.5, 0.6) is 0 Å². The first-order valence-corrected chi connectivity index (χ1v) is 8.13. The summed E-state index contributed by atoms with van der Waals surface area (Å²) in [5, 5.41) is 4.66. The molecule has 0 saturated heterocycles. The molecule has 0 bridgehead atoms. The van der Waals surface area contributed by atoms with E-state index in [0.717, 1.165) is 28.3 Å². The van der Waals surface area contributed by atoms with Crippen LogP contribution in [0.3, 0.4) is 0 Å². The van der Waals surface area contributed by atoms with Gasteiger partial charge in [-0.2, -0.15) is 0 Å². The lowest BCUT2D eigenvalue weighted by Gasteiger charge is -2.09. The highest BCUT2D eigenvalue weighted by molar-refractivity contribution is 9.09. The lowest BCUT2D eigenvalue weighted by Crippen LogP contribution is -2.25. The van der Waals surface area contributed by atoms with Crippen LogP contribution >= 0.6 is 15.9 Å². The van der Waals surface area contributed by atoms with Crippen LogP contribution in [0, 0.1) is 6.92 Å². The van der Waals surface area contributed by atoms with Gasteiger partial charge >= 0.3 is 0 Å². The van der Waals surface area contributed by atoms with Gasteiger partial charge < -0.3 is 10.1 Å². The normalized spacial score (nSPS) is 10.8. The van der Waals surface area contributed by atoms with E-state index in [1.807, 2.05) is 37.3 Å². The van der Waals surface area contributed by atoms with E-state index in [1.165, 1.54) is 0 Å². The topological polar surface area (TPSA) is 51.2 Å². The summed E-state index contributed by atoms with van der Waals surface area (Å²) in [5.41, 5.74) is 2.38. The molecule has 0 radical (unpaired) electrons. The fourth-order valence-electron chi connectivity index (χ4n) is 2.12. The van der Waals surface area contributed by atoms with Gasteiger partial charge in [-0.1, -0.05) is 34.1 Å². The van der Waals surface area contributed by atoms with E-state index in [1.54, 1.807) is 0 Å². The molecule has 0 aliphatic rings. The highest BCUT2D eigenvalue weighted by Crippen LogP contribution is 2.17. The van der Waals surface area contributed by atoms with Gasteiger partial charge in [0.15, 0.2) is 0 Å². The monoisotopic (exact) mass is 350 g/mol. The van der Waals surface area contributed by atoms with E-state index >= 15 is 0 Å². The maximum Gasteiger partial charge on any atom is 0.252 e. The molecule has 0 aliphatic carbocycles. The number of halogens is 1. The summed E-state index contributed by atoms with van der Waals surface area (Å²) in [6.07, 6.45) is 0.806. The Bertz CT molecular complexity index is 616. The number of hydrogen-bond donors (Lipinski definition) is 1. The van der Waals surface area contributed by atoms with Crippen molar-refractivity contribution in [2.45, 2.75) is 13.3 Å². The Morgan fingerprint density at radius 3 is 2.95 bits per heavy atom. The molecule has 2 aromatic rings. The Balaban J connectivity index is 1.99. The first kappa shape index (κ1) is 15.9. The van der Waals surface area contributed by atoms with Crippen LogP contribution < -0.4 is 5.32 Å². The van der Waals surface area contributed by atoms with Crippen LogP contribution in [-0.2, 0) is 4.74 Å². The number of carbonyl (C=O) groups is 1. The molecule has 1 amide bonds. The average molecular weight is 351 g/mol. The van der Waals surface area contributed by atoms with E-state index in [9.17, 15) is 4.79 Å². The van der Waals surface area contributed by atoms with Gasteiger partial charge in [-0.3, -0.25) is 9.78 Å². The molecule has 1 aromatic carbocycles. The number of pyridine rings is 1. The molecule has 5 heteroatoms. The molecule has 1 N–H and O–H groups in total. The number of ether oxygens (including phenoxy) is 1. The molecule has 2 rings (SSSR count). The third kappa shape index (κ3) is 4.51. The number of nitrogens with one attached hydrogen (secondary N) is 1. The molecule has 0 unspecified atom stereocenters. The predicted octanol–water partition coefficient (Wildman–Crippen LogP) is 3.07. The highest BCUT2D eigenvalue weighted by Gasteiger charge is 2.11. The van der Waals surface area contributed by atoms with Gasteiger partial charge in [0.05, 0.1) is 17.7 Å². The smallest absolute Gasteiger partial charge is 0.252 e. The second-order valence-electron chi connectivity index (χ2n) is 4.74. The van der Waals surface area contributed by atoms with Crippen molar-refractivity contribution in [1.82, 2.24) is 10.3 Å². The minimum Gasteiger partial charge on any atom is -0.381 e. The number of nitrogens with zero attached hydrogens (tertiary/aromatic N) is 1. The second-order valence-corrected chi connectivity index (χ2v) is 5.53. The van der Waals surface area contributed by atoms with Crippen molar-refractivity contribution in [1.29, 1.82) is 0 Å². The SMILES string of the molecule is Cc1cc(C(=O)NCCCOCCBr)c2ccccc2n1. The summed E-state index contributed by atoms with van der Waals surface area (Å²) < 4.78 is 5.35. The summed E-state index contributed by atoms with van der Waals surface area (Å²) in [7, 11) is 0. The van der Waals surface area contributed by atoms with Crippen LogP contribution in [0.1, 0.15) is 22.5 Å². The Kier molecular flexibility index (Phi) is 6.14. The molecule has 0 atom stereocenters. The van der Waals surface area contributed by atoms with Crippen molar-refractivity contribution in [3.05, 3.63) is 41.6 Å². The maximum atomic E-state index is 12.3. The van der Waals surface area contributed by atoms with Crippen LogP contribution in [-0.4, -0.2) is 36.0 Å². The summed E-state index contributed by atoms with van der Waals surface area (Å²) >= 11 is 3.30. The minimum absolute atomic E-state index is 0.0582. The fourth-order valence-corrected chi connectivity index (χ4v) is 2.35. The second kappa shape index (κ2) is 8.10. The number of aryl methyl sites for hydroxylation is 1. The molecule has 1 aromatic heterocycles. The van der Waals surface area contributed by atoms with Crippen LogP contribution in [0.25, 0.3) is 10.9 Å². The zero-order valence-electron chi connectivity index (χ0n) is 12.1. The predicted molar refractivity (Wildman–Crippen MR) is 88.0 cm³/mol. The molecule has 0 spiro atoms. The fraction of sp³-hybridized carbons (Fsp3) is 0.375. The minimum atomic E-state index is -0.0582. The molecule has 21 heavy (non-hydrogen) atoms. The van der Waals surface area contributed by atoms with Gasteiger partial charge in [-0.05, 0) is 25.5 Å². The molecule has 0 saturated carbocycles. The van der Waals surface area contributed by atoms with Crippen molar-refractivity contribution in [3.8, 4) is 0 Å².